The van der Waals surface area contributed by atoms with Gasteiger partial charge >= 0.3 is 5.97 Å². The van der Waals surface area contributed by atoms with Crippen LogP contribution in [0.4, 0.5) is 5.69 Å². The number of carbonyl (C=O) groups excluding carboxylic acids is 2. The SMILES string of the molecule is CCOC(=O)CCN(C)C(=O)c1cc2c(cc1N)OCO2. The average Bonchev–Trinajstić information content (AvgIpc) is 2.90. The molecule has 7 nitrogen and oxygen atoms in total. The van der Waals surface area contributed by atoms with Gasteiger partial charge < -0.3 is 24.8 Å². The Kier molecular flexibility index (Phi) is 4.52. The molecular weight excluding hydrogens is 276 g/mol. The van der Waals surface area contributed by atoms with E-state index >= 15 is 0 Å². The highest BCUT2D eigenvalue weighted by atomic mass is 16.7. The van der Waals surface area contributed by atoms with E-state index in [0.29, 0.717) is 29.4 Å². The summed E-state index contributed by atoms with van der Waals surface area (Å²) in [6.45, 7) is 2.43. The fourth-order valence-corrected chi connectivity index (χ4v) is 1.94. The van der Waals surface area contributed by atoms with Gasteiger partial charge in [-0.1, -0.05) is 0 Å². The second-order valence-corrected chi connectivity index (χ2v) is 4.57. The van der Waals surface area contributed by atoms with E-state index < -0.39 is 0 Å². The maximum absolute atomic E-state index is 12.3. The Balaban J connectivity index is 2.04. The number of nitrogens with two attached hydrogens (primary N) is 1. The largest absolute Gasteiger partial charge is 0.466 e. The minimum atomic E-state index is -0.337. The van der Waals surface area contributed by atoms with Crippen molar-refractivity contribution in [1.29, 1.82) is 0 Å². The number of nitrogen functional groups attached to an aromatic ring is 1. The Morgan fingerprint density at radius 3 is 2.67 bits per heavy atom. The summed E-state index contributed by atoms with van der Waals surface area (Å²) in [5, 5.41) is 0. The van der Waals surface area contributed by atoms with Crippen LogP contribution in [0.25, 0.3) is 0 Å². The molecule has 1 heterocycles. The summed E-state index contributed by atoms with van der Waals surface area (Å²) in [7, 11) is 1.60. The van der Waals surface area contributed by atoms with Crippen molar-refractivity contribution >= 4 is 17.6 Å². The first-order chi connectivity index (χ1) is 10.0. The minimum Gasteiger partial charge on any atom is -0.466 e. The maximum Gasteiger partial charge on any atom is 0.307 e. The summed E-state index contributed by atoms with van der Waals surface area (Å²) >= 11 is 0. The van der Waals surface area contributed by atoms with E-state index in [1.807, 2.05) is 0 Å². The van der Waals surface area contributed by atoms with Gasteiger partial charge in [0.05, 0.1) is 18.6 Å². The number of carbonyl (C=O) groups is 2. The van der Waals surface area contributed by atoms with Crippen LogP contribution in [0.2, 0.25) is 0 Å². The van der Waals surface area contributed by atoms with E-state index in [0.717, 1.165) is 0 Å². The Morgan fingerprint density at radius 2 is 2.00 bits per heavy atom. The van der Waals surface area contributed by atoms with Crippen LogP contribution in [0.3, 0.4) is 0 Å². The first-order valence-corrected chi connectivity index (χ1v) is 6.63. The molecule has 2 rings (SSSR count). The van der Waals surface area contributed by atoms with Crippen LogP contribution in [0.15, 0.2) is 12.1 Å². The van der Waals surface area contributed by atoms with Gasteiger partial charge in [-0.15, -0.1) is 0 Å². The molecule has 114 valence electrons. The molecule has 0 saturated carbocycles. The number of nitrogens with zero attached hydrogens (tertiary/aromatic N) is 1. The molecule has 1 aromatic carbocycles. The zero-order chi connectivity index (χ0) is 15.4. The molecule has 0 saturated heterocycles. The Hall–Kier alpha value is -2.44. The standard InChI is InChI=1S/C14H18N2O5/c1-3-19-13(17)4-5-16(2)14(18)9-6-11-12(7-10(9)15)21-8-20-11/h6-7H,3-5,8,15H2,1-2H3. The van der Waals surface area contributed by atoms with Gasteiger partial charge in [0.1, 0.15) is 0 Å². The minimum absolute atomic E-state index is 0.116. The monoisotopic (exact) mass is 294 g/mol. The summed E-state index contributed by atoms with van der Waals surface area (Å²) in [5.41, 5.74) is 6.50. The molecule has 0 bridgehead atoms. The summed E-state index contributed by atoms with van der Waals surface area (Å²) in [6.07, 6.45) is 0.139. The third-order valence-electron chi connectivity index (χ3n) is 3.08. The van der Waals surface area contributed by atoms with Crippen molar-refractivity contribution in [2.24, 2.45) is 0 Å². The third kappa shape index (κ3) is 3.36. The number of amides is 1. The van der Waals surface area contributed by atoms with Gasteiger partial charge in [0.15, 0.2) is 11.5 Å². The topological polar surface area (TPSA) is 91.1 Å². The number of esters is 1. The lowest BCUT2D eigenvalue weighted by molar-refractivity contribution is -0.143. The number of benzene rings is 1. The number of ether oxygens (including phenoxy) is 3. The van der Waals surface area contributed by atoms with Crippen LogP contribution in [0, 0.1) is 0 Å². The van der Waals surface area contributed by atoms with Crippen molar-refractivity contribution in [3.8, 4) is 11.5 Å². The molecule has 1 amide bonds. The lowest BCUT2D eigenvalue weighted by Crippen LogP contribution is -2.30. The van der Waals surface area contributed by atoms with E-state index in [4.69, 9.17) is 19.9 Å². The first kappa shape index (κ1) is 15.0. The first-order valence-electron chi connectivity index (χ1n) is 6.63. The zero-order valence-corrected chi connectivity index (χ0v) is 12.0. The number of rotatable bonds is 5. The fourth-order valence-electron chi connectivity index (χ4n) is 1.94. The van der Waals surface area contributed by atoms with Crippen LogP contribution < -0.4 is 15.2 Å². The van der Waals surface area contributed by atoms with Crippen molar-refractivity contribution in [1.82, 2.24) is 4.90 Å². The van der Waals surface area contributed by atoms with Crippen molar-refractivity contribution in [2.75, 3.05) is 32.7 Å². The second-order valence-electron chi connectivity index (χ2n) is 4.57. The van der Waals surface area contributed by atoms with Crippen LogP contribution in [-0.4, -0.2) is 43.8 Å². The van der Waals surface area contributed by atoms with Crippen LogP contribution >= 0.6 is 0 Å². The average molecular weight is 294 g/mol. The van der Waals surface area contributed by atoms with Gasteiger partial charge in [-0.3, -0.25) is 9.59 Å². The second kappa shape index (κ2) is 6.34. The van der Waals surface area contributed by atoms with Crippen molar-refractivity contribution in [3.63, 3.8) is 0 Å². The molecule has 2 N–H and O–H groups in total. The molecule has 1 aliphatic rings. The van der Waals surface area contributed by atoms with E-state index in [-0.39, 0.29) is 31.6 Å². The highest BCUT2D eigenvalue weighted by Crippen LogP contribution is 2.36. The Bertz CT molecular complexity index is 559. The number of hydrogen-bond acceptors (Lipinski definition) is 6. The molecule has 0 aromatic heterocycles. The predicted molar refractivity (Wildman–Crippen MR) is 75.2 cm³/mol. The number of anilines is 1. The molecule has 7 heteroatoms. The predicted octanol–water partition coefficient (Wildman–Crippen LogP) is 1.02. The summed E-state index contributed by atoms with van der Waals surface area (Å²) in [5.74, 6) is 0.399. The van der Waals surface area contributed by atoms with Gasteiger partial charge in [-0.2, -0.15) is 0 Å². The summed E-state index contributed by atoms with van der Waals surface area (Å²) in [4.78, 5) is 25.1. The van der Waals surface area contributed by atoms with Gasteiger partial charge in [-0.05, 0) is 13.0 Å². The van der Waals surface area contributed by atoms with Crippen molar-refractivity contribution < 1.29 is 23.8 Å². The fraction of sp³-hybridized carbons (Fsp3) is 0.429. The van der Waals surface area contributed by atoms with Crippen LogP contribution in [0.5, 0.6) is 11.5 Å². The van der Waals surface area contributed by atoms with Gasteiger partial charge in [0.2, 0.25) is 6.79 Å². The highest BCUT2D eigenvalue weighted by molar-refractivity contribution is 6.00. The normalized spacial score (nSPS) is 12.1. The zero-order valence-electron chi connectivity index (χ0n) is 12.0. The van der Waals surface area contributed by atoms with E-state index in [1.54, 1.807) is 26.1 Å². The number of fused-ring (bicyclic) bond motifs is 1. The molecule has 0 fully saturated rings. The quantitative estimate of drug-likeness (QED) is 0.644. The molecule has 21 heavy (non-hydrogen) atoms. The smallest absolute Gasteiger partial charge is 0.307 e. The third-order valence-corrected chi connectivity index (χ3v) is 3.08. The lowest BCUT2D eigenvalue weighted by atomic mass is 10.1. The molecule has 1 aliphatic heterocycles. The van der Waals surface area contributed by atoms with Gasteiger partial charge in [-0.25, -0.2) is 0 Å². The molecule has 0 atom stereocenters. The van der Waals surface area contributed by atoms with Crippen LogP contribution in [0.1, 0.15) is 23.7 Å². The van der Waals surface area contributed by atoms with Gasteiger partial charge in [0.25, 0.3) is 5.91 Å². The summed E-state index contributed by atoms with van der Waals surface area (Å²) in [6, 6.07) is 3.12. The number of hydrogen-bond donors (Lipinski definition) is 1. The van der Waals surface area contributed by atoms with E-state index in [1.165, 1.54) is 4.90 Å². The van der Waals surface area contributed by atoms with E-state index in [2.05, 4.69) is 0 Å². The molecule has 0 radical (unpaired) electrons. The molecule has 0 aliphatic carbocycles. The molecular formula is C14H18N2O5. The van der Waals surface area contributed by atoms with Crippen molar-refractivity contribution in [3.05, 3.63) is 17.7 Å². The molecule has 0 spiro atoms. The van der Waals surface area contributed by atoms with Crippen LogP contribution in [-0.2, 0) is 9.53 Å². The Morgan fingerprint density at radius 1 is 1.33 bits per heavy atom. The summed E-state index contributed by atoms with van der Waals surface area (Å²) < 4.78 is 15.2. The van der Waals surface area contributed by atoms with Crippen molar-refractivity contribution in [2.45, 2.75) is 13.3 Å². The maximum atomic E-state index is 12.3. The molecule has 1 aromatic rings. The van der Waals surface area contributed by atoms with E-state index in [9.17, 15) is 9.59 Å². The highest BCUT2D eigenvalue weighted by Gasteiger charge is 2.22. The molecule has 0 unspecified atom stereocenters. The Labute approximate surface area is 122 Å². The lowest BCUT2D eigenvalue weighted by Gasteiger charge is -2.18. The van der Waals surface area contributed by atoms with Gasteiger partial charge in [0, 0.05) is 25.3 Å².